The maximum absolute atomic E-state index is 12.6. The van der Waals surface area contributed by atoms with Crippen LogP contribution < -0.4 is 9.47 Å². The fraction of sp³-hybridized carbons (Fsp3) is 0.182. The predicted octanol–water partition coefficient (Wildman–Crippen LogP) is 11.3. The molecule has 0 saturated heterocycles. The average molecular weight is 941 g/mol. The lowest BCUT2D eigenvalue weighted by Crippen LogP contribution is -2.66. The van der Waals surface area contributed by atoms with Crippen molar-refractivity contribution >= 4 is 41.8 Å². The topological polar surface area (TPSA) is 146 Å². The summed E-state index contributed by atoms with van der Waals surface area (Å²) in [5, 5.41) is -9.56. The highest BCUT2D eigenvalue weighted by atomic mass is 32.2. The van der Waals surface area contributed by atoms with Crippen molar-refractivity contribution in [2.45, 2.75) is 22.4 Å². The quantitative estimate of drug-likeness (QED) is 0.0281. The van der Waals surface area contributed by atoms with Crippen LogP contribution in [0.25, 0.3) is 54.9 Å². The van der Waals surface area contributed by atoms with Crippen molar-refractivity contribution in [3.05, 3.63) is 147 Å². The highest BCUT2D eigenvalue weighted by molar-refractivity contribution is 7.87. The molecule has 64 heavy (non-hydrogen) atoms. The molecular weight excluding hydrogens is 905 g/mol. The summed E-state index contributed by atoms with van der Waals surface area (Å²) in [5.41, 5.74) is 7.01. The van der Waals surface area contributed by atoms with Gasteiger partial charge in [-0.1, -0.05) is 110 Å². The molecule has 0 aliphatic rings. The molecule has 0 radical (unpaired) electrons. The molecule has 6 aromatic carbocycles. The van der Waals surface area contributed by atoms with E-state index in [0.29, 0.717) is 26.4 Å². The van der Waals surface area contributed by atoms with Gasteiger partial charge in [-0.2, -0.15) is 52.0 Å². The number of fused-ring (bicyclic) bond motifs is 2. The van der Waals surface area contributed by atoms with Crippen molar-refractivity contribution in [2.75, 3.05) is 26.4 Å². The average Bonchev–Trinajstić information content (AvgIpc) is 3.25. The van der Waals surface area contributed by atoms with Crippen molar-refractivity contribution in [3.8, 4) is 44.9 Å². The van der Waals surface area contributed by atoms with Crippen LogP contribution in [0.5, 0.6) is 11.5 Å². The second-order valence-corrected chi connectivity index (χ2v) is 16.3. The van der Waals surface area contributed by atoms with E-state index in [2.05, 4.69) is 110 Å². The summed E-state index contributed by atoms with van der Waals surface area (Å²) in [4.78, 5) is 0. The number of halogens is 8. The summed E-state index contributed by atoms with van der Waals surface area (Å²) >= 11 is 0. The fourth-order valence-corrected chi connectivity index (χ4v) is 7.31. The van der Waals surface area contributed by atoms with Crippen LogP contribution in [0, 0.1) is 0 Å². The molecule has 0 fully saturated rings. The zero-order chi connectivity index (χ0) is 47.1. The SMILES string of the molecule is C=COCCOc1ccc(-c2c3ccccc3c(-c3ccc(OCCOC=C)cc3)c3c(-c4ccccc4)cccc23)cc1.O=S(=O)(O)C(F)(F)C(F)(F)C(F)(F)C(F)(F)S(=O)(=O)O. The minimum Gasteiger partial charge on any atom is -0.498 e. The second kappa shape index (κ2) is 19.3. The van der Waals surface area contributed by atoms with E-state index in [4.69, 9.17) is 28.1 Å². The Bertz CT molecular complexity index is 2770. The number of benzene rings is 6. The molecule has 6 rings (SSSR count). The molecule has 0 spiro atoms. The van der Waals surface area contributed by atoms with E-state index in [1.54, 1.807) is 0 Å². The summed E-state index contributed by atoms with van der Waals surface area (Å²) in [6.07, 6.45) is 2.86. The van der Waals surface area contributed by atoms with E-state index in [1.807, 2.05) is 24.3 Å². The molecule has 0 aromatic heterocycles. The van der Waals surface area contributed by atoms with E-state index in [9.17, 15) is 52.0 Å². The van der Waals surface area contributed by atoms with E-state index in [0.717, 1.165) is 22.6 Å². The Labute approximate surface area is 361 Å². The van der Waals surface area contributed by atoms with E-state index in [-0.39, 0.29) is 0 Å². The summed E-state index contributed by atoms with van der Waals surface area (Å²) in [6, 6.07) is 42.6. The van der Waals surface area contributed by atoms with Crippen molar-refractivity contribution in [1.82, 2.24) is 0 Å². The van der Waals surface area contributed by atoms with Crippen LogP contribution in [0.1, 0.15) is 0 Å². The van der Waals surface area contributed by atoms with Crippen LogP contribution in [0.15, 0.2) is 147 Å². The molecule has 10 nitrogen and oxygen atoms in total. The minimum absolute atomic E-state index is 0.455. The number of hydrogen-bond donors (Lipinski definition) is 2. The molecular formula is C44H36F8O10S2. The van der Waals surface area contributed by atoms with Gasteiger partial charge in [-0.05, 0) is 79.2 Å². The molecule has 0 heterocycles. The van der Waals surface area contributed by atoms with Gasteiger partial charge in [0.25, 0.3) is 0 Å². The van der Waals surface area contributed by atoms with Gasteiger partial charge in [0.05, 0.1) is 12.5 Å². The Kier molecular flexibility index (Phi) is 14.7. The maximum Gasteiger partial charge on any atom is 0.438 e. The molecule has 0 bridgehead atoms. The third-order valence-corrected chi connectivity index (χ3v) is 11.2. The van der Waals surface area contributed by atoms with Crippen LogP contribution in [0.3, 0.4) is 0 Å². The van der Waals surface area contributed by atoms with E-state index < -0.39 is 42.6 Å². The number of ether oxygens (including phenoxy) is 4. The molecule has 2 N–H and O–H groups in total. The van der Waals surface area contributed by atoms with E-state index >= 15 is 0 Å². The van der Waals surface area contributed by atoms with Crippen LogP contribution in [-0.2, 0) is 29.7 Å². The standard InChI is InChI=1S/C40H34O4.C4H2F8O6S2/c1-3-41-25-27-43-32-21-17-30(18-22-32)38-35-13-8-9-14-36(35)39(31-19-23-33(24-20-31)44-28-26-42-4-2)40-34(15-10-16-37(38)40)29-11-6-5-7-12-29;5-1(6,3(9,10)19(13,14)15)2(7,8)4(11,12)20(16,17)18/h3-24H,1-2,25-28H2;(H,13,14,15)(H,16,17,18). The Morgan fingerprint density at radius 3 is 1.28 bits per heavy atom. The molecule has 0 amide bonds. The molecule has 0 aliphatic heterocycles. The zero-order valence-corrected chi connectivity index (χ0v) is 34.6. The van der Waals surface area contributed by atoms with Crippen molar-refractivity contribution in [1.29, 1.82) is 0 Å². The van der Waals surface area contributed by atoms with Gasteiger partial charge < -0.3 is 18.9 Å². The van der Waals surface area contributed by atoms with Crippen molar-refractivity contribution in [3.63, 3.8) is 0 Å². The zero-order valence-electron chi connectivity index (χ0n) is 32.9. The van der Waals surface area contributed by atoms with Gasteiger partial charge in [0.15, 0.2) is 0 Å². The first-order valence-electron chi connectivity index (χ1n) is 18.4. The summed E-state index contributed by atoms with van der Waals surface area (Å²) in [6.45, 7) is 8.99. The largest absolute Gasteiger partial charge is 0.498 e. The van der Waals surface area contributed by atoms with E-state index in [1.165, 1.54) is 56.3 Å². The lowest BCUT2D eigenvalue weighted by Gasteiger charge is -2.33. The molecule has 0 unspecified atom stereocenters. The third-order valence-electron chi connectivity index (χ3n) is 9.37. The van der Waals surface area contributed by atoms with Crippen LogP contribution in [-0.4, -0.2) is 74.7 Å². The first-order chi connectivity index (χ1) is 30.0. The molecule has 6 aromatic rings. The highest BCUT2D eigenvalue weighted by Crippen LogP contribution is 2.55. The third kappa shape index (κ3) is 9.64. The second-order valence-electron chi connectivity index (χ2n) is 13.3. The van der Waals surface area contributed by atoms with Gasteiger partial charge in [-0.15, -0.1) is 0 Å². The molecule has 20 heteroatoms. The number of alkyl halides is 8. The summed E-state index contributed by atoms with van der Waals surface area (Å²) in [5.74, 6) is -13.6. The minimum atomic E-state index is -7.58. The van der Waals surface area contributed by atoms with Gasteiger partial charge in [0.2, 0.25) is 0 Å². The van der Waals surface area contributed by atoms with Gasteiger partial charge in [-0.3, -0.25) is 9.11 Å². The smallest absolute Gasteiger partial charge is 0.438 e. The normalized spacial score (nSPS) is 12.5. The number of rotatable bonds is 18. The fourth-order valence-electron chi connectivity index (χ4n) is 6.41. The van der Waals surface area contributed by atoms with Gasteiger partial charge in [-0.25, -0.2) is 0 Å². The van der Waals surface area contributed by atoms with Crippen LogP contribution >= 0.6 is 0 Å². The summed E-state index contributed by atoms with van der Waals surface area (Å²) in [7, 11) is -14.6. The monoisotopic (exact) mass is 940 g/mol. The van der Waals surface area contributed by atoms with Gasteiger partial charge >= 0.3 is 42.6 Å². The molecule has 0 atom stereocenters. The van der Waals surface area contributed by atoms with Crippen molar-refractivity contribution < 1.29 is 80.0 Å². The van der Waals surface area contributed by atoms with Crippen LogP contribution in [0.2, 0.25) is 0 Å². The van der Waals surface area contributed by atoms with Gasteiger partial charge in [0, 0.05) is 0 Å². The molecule has 0 aliphatic carbocycles. The Balaban J connectivity index is 0.000000327. The lowest BCUT2D eigenvalue weighted by molar-refractivity contribution is -0.327. The Hall–Kier alpha value is -6.22. The summed E-state index contributed by atoms with van der Waals surface area (Å²) < 4.78 is 177. The molecule has 0 saturated carbocycles. The highest BCUT2D eigenvalue weighted by Gasteiger charge is 2.87. The molecule has 340 valence electrons. The maximum atomic E-state index is 12.6. The Morgan fingerprint density at radius 2 is 0.859 bits per heavy atom. The predicted molar refractivity (Wildman–Crippen MR) is 224 cm³/mol. The number of hydrogen-bond acceptors (Lipinski definition) is 8. The first kappa shape index (κ1) is 48.8. The van der Waals surface area contributed by atoms with Gasteiger partial charge in [0.1, 0.15) is 37.9 Å². The lowest BCUT2D eigenvalue weighted by atomic mass is 9.83. The van der Waals surface area contributed by atoms with Crippen LogP contribution in [0.4, 0.5) is 35.1 Å². The Morgan fingerprint density at radius 1 is 0.469 bits per heavy atom. The van der Waals surface area contributed by atoms with Crippen molar-refractivity contribution in [2.24, 2.45) is 0 Å². The first-order valence-corrected chi connectivity index (χ1v) is 21.3.